The summed E-state index contributed by atoms with van der Waals surface area (Å²) in [5.41, 5.74) is -1.62. The molecule has 0 unspecified atom stereocenters. The van der Waals surface area contributed by atoms with Gasteiger partial charge in [0.2, 0.25) is 0 Å². The van der Waals surface area contributed by atoms with Crippen LogP contribution in [0.5, 0.6) is 0 Å². The smallest absolute Gasteiger partial charge is 0.333 e. The van der Waals surface area contributed by atoms with Crippen molar-refractivity contribution < 1.29 is 31.3 Å². The highest BCUT2D eigenvalue weighted by molar-refractivity contribution is 7.91. The van der Waals surface area contributed by atoms with Crippen molar-refractivity contribution in [3.63, 3.8) is 0 Å². The van der Waals surface area contributed by atoms with Gasteiger partial charge in [0.25, 0.3) is 11.6 Å². The quantitative estimate of drug-likeness (QED) is 0.485. The molecule has 1 amide bonds. The Morgan fingerprint density at radius 2 is 1.91 bits per heavy atom. The monoisotopic (exact) mass is 474 g/mol. The number of halogens is 3. The number of para-hydroxylation sites is 1. The SMILES string of the molecule is O=C(c1cc(C(F)(F)F)[nH]n1)N(CCC1CCS(=O)(=O)CC1)Cc1ccccc1[N+](=O)[O-]. The van der Waals surface area contributed by atoms with Crippen LogP contribution >= 0.6 is 0 Å². The standard InChI is InChI=1S/C19H21F3N4O5S/c20-19(21,22)17-11-15(23-24-17)18(27)25(8-5-13-6-9-32(30,31)10-7-13)12-14-3-1-2-4-16(14)26(28)29/h1-4,11,13H,5-10,12H2,(H,23,24). The molecule has 1 fully saturated rings. The van der Waals surface area contributed by atoms with E-state index in [-0.39, 0.29) is 41.8 Å². The fourth-order valence-electron chi connectivity index (χ4n) is 3.59. The highest BCUT2D eigenvalue weighted by Gasteiger charge is 2.35. The second-order valence-electron chi connectivity index (χ2n) is 7.66. The number of benzene rings is 1. The summed E-state index contributed by atoms with van der Waals surface area (Å²) in [7, 11) is -3.06. The summed E-state index contributed by atoms with van der Waals surface area (Å²) in [5, 5.41) is 16.6. The fraction of sp³-hybridized carbons (Fsp3) is 0.474. The van der Waals surface area contributed by atoms with Crippen molar-refractivity contribution in [1.29, 1.82) is 0 Å². The minimum Gasteiger partial charge on any atom is -0.333 e. The number of nitro benzene ring substituents is 1. The van der Waals surface area contributed by atoms with Gasteiger partial charge in [-0.3, -0.25) is 20.0 Å². The van der Waals surface area contributed by atoms with E-state index >= 15 is 0 Å². The van der Waals surface area contributed by atoms with E-state index < -0.39 is 38.2 Å². The lowest BCUT2D eigenvalue weighted by Crippen LogP contribution is -2.34. The summed E-state index contributed by atoms with van der Waals surface area (Å²) in [5.74, 6) is -0.698. The number of carbonyl (C=O) groups excluding carboxylic acids is 1. The number of rotatable bonds is 7. The molecule has 2 aromatic rings. The predicted octanol–water partition coefficient (Wildman–Crippen LogP) is 3.19. The van der Waals surface area contributed by atoms with E-state index in [1.165, 1.54) is 23.1 Å². The Balaban J connectivity index is 1.81. The Morgan fingerprint density at radius 3 is 2.50 bits per heavy atom. The minimum atomic E-state index is -4.71. The van der Waals surface area contributed by atoms with Crippen LogP contribution < -0.4 is 0 Å². The van der Waals surface area contributed by atoms with Crippen LogP contribution in [0.1, 0.15) is 41.0 Å². The van der Waals surface area contributed by atoms with Gasteiger partial charge in [-0.25, -0.2) is 8.42 Å². The number of nitrogens with one attached hydrogen (secondary N) is 1. The van der Waals surface area contributed by atoms with Crippen molar-refractivity contribution >= 4 is 21.4 Å². The Hall–Kier alpha value is -2.96. The molecule has 0 radical (unpaired) electrons. The highest BCUT2D eigenvalue weighted by Crippen LogP contribution is 2.29. The zero-order valence-electron chi connectivity index (χ0n) is 16.8. The van der Waals surface area contributed by atoms with Crippen LogP contribution in [-0.4, -0.2) is 52.4 Å². The molecule has 1 aromatic carbocycles. The summed E-state index contributed by atoms with van der Waals surface area (Å²) in [6, 6.07) is 6.38. The number of hydrogen-bond donors (Lipinski definition) is 1. The van der Waals surface area contributed by atoms with Crippen molar-refractivity contribution in [3.8, 4) is 0 Å². The molecule has 13 heteroatoms. The molecule has 0 aliphatic carbocycles. The zero-order valence-corrected chi connectivity index (χ0v) is 17.7. The molecule has 1 N–H and O–H groups in total. The third kappa shape index (κ3) is 5.84. The molecule has 0 spiro atoms. The van der Waals surface area contributed by atoms with Crippen molar-refractivity contribution in [1.82, 2.24) is 15.1 Å². The molecule has 32 heavy (non-hydrogen) atoms. The summed E-state index contributed by atoms with van der Waals surface area (Å²) in [6.07, 6.45) is -3.44. The van der Waals surface area contributed by atoms with E-state index in [4.69, 9.17) is 0 Å². The Kier molecular flexibility index (Phi) is 6.86. The van der Waals surface area contributed by atoms with Crippen molar-refractivity contribution in [2.24, 2.45) is 5.92 Å². The first kappa shape index (κ1) is 23.7. The number of hydrogen-bond acceptors (Lipinski definition) is 6. The normalized spacial score (nSPS) is 16.6. The number of aromatic nitrogens is 2. The van der Waals surface area contributed by atoms with Crippen LogP contribution in [0.15, 0.2) is 30.3 Å². The highest BCUT2D eigenvalue weighted by atomic mass is 32.2. The van der Waals surface area contributed by atoms with Gasteiger partial charge in [0.05, 0.1) is 23.0 Å². The van der Waals surface area contributed by atoms with Crippen LogP contribution in [-0.2, 0) is 22.6 Å². The molecule has 9 nitrogen and oxygen atoms in total. The first-order valence-corrected chi connectivity index (χ1v) is 11.6. The summed E-state index contributed by atoms with van der Waals surface area (Å²) in [6.45, 7) is -0.112. The molecule has 1 saturated heterocycles. The topological polar surface area (TPSA) is 126 Å². The Labute approximate surface area is 181 Å². The molecule has 1 aliphatic rings. The lowest BCUT2D eigenvalue weighted by molar-refractivity contribution is -0.385. The minimum absolute atomic E-state index is 0.0181. The summed E-state index contributed by atoms with van der Waals surface area (Å²) < 4.78 is 61.9. The largest absolute Gasteiger partial charge is 0.432 e. The lowest BCUT2D eigenvalue weighted by Gasteiger charge is -2.27. The molecule has 0 atom stereocenters. The van der Waals surface area contributed by atoms with E-state index in [9.17, 15) is 36.5 Å². The Morgan fingerprint density at radius 1 is 1.25 bits per heavy atom. The molecule has 174 valence electrons. The number of nitro groups is 1. The average molecular weight is 474 g/mol. The van der Waals surface area contributed by atoms with Crippen molar-refractivity contribution in [2.75, 3.05) is 18.1 Å². The number of H-pyrrole nitrogens is 1. The van der Waals surface area contributed by atoms with Crippen LogP contribution in [0.4, 0.5) is 18.9 Å². The zero-order chi connectivity index (χ0) is 23.5. The van der Waals surface area contributed by atoms with E-state index in [2.05, 4.69) is 5.10 Å². The van der Waals surface area contributed by atoms with Crippen molar-refractivity contribution in [2.45, 2.75) is 32.0 Å². The molecule has 1 aliphatic heterocycles. The fourth-order valence-corrected chi connectivity index (χ4v) is 5.17. The molecule has 0 saturated carbocycles. The maximum atomic E-state index is 13.0. The molecular weight excluding hydrogens is 453 g/mol. The van der Waals surface area contributed by atoms with Gasteiger partial charge in [-0.1, -0.05) is 18.2 Å². The Bertz CT molecular complexity index is 1090. The summed E-state index contributed by atoms with van der Waals surface area (Å²) in [4.78, 5) is 24.9. The van der Waals surface area contributed by atoms with Crippen LogP contribution in [0.3, 0.4) is 0 Å². The maximum absolute atomic E-state index is 13.0. The van der Waals surface area contributed by atoms with Gasteiger partial charge < -0.3 is 4.90 Å². The first-order chi connectivity index (χ1) is 15.0. The van der Waals surface area contributed by atoms with Gasteiger partial charge in [0.1, 0.15) is 15.5 Å². The van der Waals surface area contributed by atoms with Crippen LogP contribution in [0, 0.1) is 16.0 Å². The van der Waals surface area contributed by atoms with Gasteiger partial charge in [-0.15, -0.1) is 0 Å². The third-order valence-electron chi connectivity index (χ3n) is 5.42. The van der Waals surface area contributed by atoms with Crippen LogP contribution in [0.25, 0.3) is 0 Å². The first-order valence-electron chi connectivity index (χ1n) is 9.81. The van der Waals surface area contributed by atoms with E-state index in [0.29, 0.717) is 25.3 Å². The van der Waals surface area contributed by atoms with Gasteiger partial charge in [-0.2, -0.15) is 18.3 Å². The van der Waals surface area contributed by atoms with Crippen LogP contribution in [0.2, 0.25) is 0 Å². The van der Waals surface area contributed by atoms with Crippen molar-refractivity contribution in [3.05, 3.63) is 57.4 Å². The van der Waals surface area contributed by atoms with Gasteiger partial charge in [-0.05, 0) is 25.2 Å². The van der Waals surface area contributed by atoms with E-state index in [0.717, 1.165) is 0 Å². The summed E-state index contributed by atoms with van der Waals surface area (Å²) >= 11 is 0. The molecular formula is C19H21F3N4O5S. The number of carbonyl (C=O) groups is 1. The molecule has 0 bridgehead atoms. The molecule has 3 rings (SSSR count). The van der Waals surface area contributed by atoms with Gasteiger partial charge >= 0.3 is 6.18 Å². The average Bonchev–Trinajstić information content (AvgIpc) is 3.22. The lowest BCUT2D eigenvalue weighted by atomic mass is 9.98. The molecule has 2 heterocycles. The number of amides is 1. The number of sulfone groups is 1. The number of nitrogens with zero attached hydrogens (tertiary/aromatic N) is 3. The number of aromatic amines is 1. The van der Waals surface area contributed by atoms with E-state index in [1.54, 1.807) is 11.2 Å². The van der Waals surface area contributed by atoms with E-state index in [1.807, 2.05) is 0 Å². The second kappa shape index (κ2) is 9.27. The third-order valence-corrected chi connectivity index (χ3v) is 7.14. The molecule has 1 aromatic heterocycles. The van der Waals surface area contributed by atoms with Gasteiger partial charge in [0, 0.05) is 24.2 Å². The predicted molar refractivity (Wildman–Crippen MR) is 107 cm³/mol. The number of alkyl halides is 3. The second-order valence-corrected chi connectivity index (χ2v) is 9.96. The van der Waals surface area contributed by atoms with Gasteiger partial charge in [0.15, 0.2) is 5.69 Å². The maximum Gasteiger partial charge on any atom is 0.432 e.